The summed E-state index contributed by atoms with van der Waals surface area (Å²) in [5.74, 6) is 0.420. The molecule has 1 aromatic rings. The van der Waals surface area contributed by atoms with Crippen molar-refractivity contribution in [3.8, 4) is 0 Å². The van der Waals surface area contributed by atoms with E-state index in [4.69, 9.17) is 11.6 Å². The summed E-state index contributed by atoms with van der Waals surface area (Å²) in [4.78, 5) is 25.6. The van der Waals surface area contributed by atoms with Gasteiger partial charge in [0.15, 0.2) is 5.37 Å². The van der Waals surface area contributed by atoms with Crippen molar-refractivity contribution in [2.75, 3.05) is 12.3 Å². The maximum atomic E-state index is 12.3. The van der Waals surface area contributed by atoms with E-state index >= 15 is 0 Å². The van der Waals surface area contributed by atoms with Crippen LogP contribution in [0.4, 0.5) is 0 Å². The Morgan fingerprint density at radius 2 is 1.73 bits per heavy atom. The second-order valence-electron chi connectivity index (χ2n) is 5.63. The molecule has 1 aromatic carbocycles. The molecule has 0 radical (unpaired) electrons. The lowest BCUT2D eigenvalue weighted by molar-refractivity contribution is 0.0991. The van der Waals surface area contributed by atoms with Gasteiger partial charge < -0.3 is 0 Å². The first-order valence-electron chi connectivity index (χ1n) is 7.36. The zero-order valence-corrected chi connectivity index (χ0v) is 15.0. The summed E-state index contributed by atoms with van der Waals surface area (Å²) in [5.41, 5.74) is 0.464. The van der Waals surface area contributed by atoms with Gasteiger partial charge in [-0.3, -0.25) is 9.69 Å². The Bertz CT molecular complexity index is 483. The Balaban J connectivity index is 2.60. The molecule has 0 aromatic heterocycles. The lowest BCUT2D eigenvalue weighted by Gasteiger charge is -2.30. The number of halogens is 1. The summed E-state index contributed by atoms with van der Waals surface area (Å²) in [6.07, 6.45) is 0. The summed E-state index contributed by atoms with van der Waals surface area (Å²) in [5, 5.41) is 2.64. The molecule has 0 saturated heterocycles. The van der Waals surface area contributed by atoms with E-state index in [1.165, 1.54) is 11.8 Å². The first kappa shape index (κ1) is 19.1. The largest absolute Gasteiger partial charge is 0.298 e. The van der Waals surface area contributed by atoms with Gasteiger partial charge in [-0.2, -0.15) is 0 Å². The monoisotopic (exact) mass is 342 g/mol. The van der Waals surface area contributed by atoms with E-state index in [1.54, 1.807) is 24.3 Å². The highest BCUT2D eigenvalue weighted by Crippen LogP contribution is 2.20. The normalized spacial score (nSPS) is 12.9. The Hall–Kier alpha value is -0.910. The van der Waals surface area contributed by atoms with Crippen LogP contribution < -0.4 is 0 Å². The molecule has 0 aliphatic rings. The summed E-state index contributed by atoms with van der Waals surface area (Å²) in [6, 6.07) is 7.38. The van der Waals surface area contributed by atoms with Crippen molar-refractivity contribution in [1.29, 1.82) is 0 Å². The van der Waals surface area contributed by atoms with Crippen molar-refractivity contribution in [3.05, 3.63) is 39.8 Å². The second kappa shape index (κ2) is 9.28. The van der Waals surface area contributed by atoms with E-state index in [1.807, 2.05) is 0 Å². The van der Waals surface area contributed by atoms with E-state index in [0.29, 0.717) is 28.4 Å². The highest BCUT2D eigenvalue weighted by Gasteiger charge is 2.22. The van der Waals surface area contributed by atoms with Crippen molar-refractivity contribution in [3.63, 3.8) is 0 Å². The summed E-state index contributed by atoms with van der Waals surface area (Å²) in [7, 11) is 0. The van der Waals surface area contributed by atoms with Crippen LogP contribution in [0, 0.1) is 4.91 Å². The van der Waals surface area contributed by atoms with Gasteiger partial charge in [-0.05, 0) is 57.1 Å². The van der Waals surface area contributed by atoms with Gasteiger partial charge in [0.25, 0.3) is 0 Å². The highest BCUT2D eigenvalue weighted by atomic mass is 35.5. The first-order chi connectivity index (χ1) is 10.4. The zero-order chi connectivity index (χ0) is 16.7. The van der Waals surface area contributed by atoms with Crippen molar-refractivity contribution >= 4 is 29.1 Å². The minimum atomic E-state index is -0.901. The Morgan fingerprint density at radius 3 is 2.18 bits per heavy atom. The van der Waals surface area contributed by atoms with Gasteiger partial charge in [-0.25, -0.2) is 0 Å². The molecule has 0 aliphatic heterocycles. The van der Waals surface area contributed by atoms with E-state index in [2.05, 4.69) is 37.8 Å². The van der Waals surface area contributed by atoms with E-state index in [0.717, 1.165) is 6.54 Å². The van der Waals surface area contributed by atoms with Crippen LogP contribution in [0.25, 0.3) is 0 Å². The van der Waals surface area contributed by atoms with Crippen molar-refractivity contribution < 1.29 is 4.79 Å². The van der Waals surface area contributed by atoms with Crippen LogP contribution in [0.15, 0.2) is 29.4 Å². The number of nitroso groups, excluding NO2 is 1. The second-order valence-corrected chi connectivity index (χ2v) is 7.25. The Labute approximate surface area is 141 Å². The number of hydrogen-bond donors (Lipinski definition) is 0. The van der Waals surface area contributed by atoms with Crippen molar-refractivity contribution in [2.45, 2.75) is 45.2 Å². The average Bonchev–Trinajstić information content (AvgIpc) is 2.46. The predicted octanol–water partition coefficient (Wildman–Crippen LogP) is 4.47. The molecular weight excluding hydrogens is 320 g/mol. The predicted molar refractivity (Wildman–Crippen MR) is 94.8 cm³/mol. The molecule has 1 unspecified atom stereocenters. The van der Waals surface area contributed by atoms with Gasteiger partial charge in [0.2, 0.25) is 5.78 Å². The van der Waals surface area contributed by atoms with Crippen molar-refractivity contribution in [2.24, 2.45) is 5.18 Å². The van der Waals surface area contributed by atoms with Crippen LogP contribution in [0.2, 0.25) is 5.02 Å². The third-order valence-electron chi connectivity index (χ3n) is 3.40. The number of hydrogen-bond acceptors (Lipinski definition) is 5. The minimum Gasteiger partial charge on any atom is -0.298 e. The number of thioether (sulfide) groups is 1. The quantitative estimate of drug-likeness (QED) is 0.491. The molecule has 0 saturated carbocycles. The number of benzene rings is 1. The minimum absolute atomic E-state index is 0.266. The van der Waals surface area contributed by atoms with Gasteiger partial charge in [0.1, 0.15) is 0 Å². The summed E-state index contributed by atoms with van der Waals surface area (Å²) in [6.45, 7) is 9.37. The molecule has 0 amide bonds. The third-order valence-corrected chi connectivity index (χ3v) is 4.69. The van der Waals surface area contributed by atoms with Gasteiger partial charge in [-0.15, -0.1) is 16.7 Å². The van der Waals surface area contributed by atoms with Crippen LogP contribution >= 0.6 is 23.4 Å². The molecule has 1 atom stereocenters. The molecule has 0 fully saturated rings. The molecule has 4 nitrogen and oxygen atoms in total. The van der Waals surface area contributed by atoms with E-state index in [-0.39, 0.29) is 5.78 Å². The SMILES string of the molecule is CC(C)N(CCSC(N=O)C(=O)c1ccc(Cl)cc1)C(C)C. The first-order valence-corrected chi connectivity index (χ1v) is 8.79. The summed E-state index contributed by atoms with van der Waals surface area (Å²) >= 11 is 7.09. The fourth-order valence-corrected chi connectivity index (χ4v) is 3.31. The molecule has 1 rings (SSSR count). The molecule has 0 bridgehead atoms. The molecule has 0 heterocycles. The van der Waals surface area contributed by atoms with Crippen molar-refractivity contribution in [1.82, 2.24) is 4.90 Å². The third kappa shape index (κ3) is 5.71. The van der Waals surface area contributed by atoms with Crippen LogP contribution in [-0.2, 0) is 0 Å². The van der Waals surface area contributed by atoms with Gasteiger partial charge in [0, 0.05) is 35.0 Å². The molecule has 122 valence electrons. The molecule has 22 heavy (non-hydrogen) atoms. The van der Waals surface area contributed by atoms with Crippen LogP contribution in [0.5, 0.6) is 0 Å². The maximum Gasteiger partial charge on any atom is 0.201 e. The number of nitrogens with zero attached hydrogens (tertiary/aromatic N) is 2. The topological polar surface area (TPSA) is 49.7 Å². The molecule has 6 heteroatoms. The van der Waals surface area contributed by atoms with Gasteiger partial charge in [-0.1, -0.05) is 11.6 Å². The standard InChI is InChI=1S/C16H23ClN2O2S/c1-11(2)19(12(3)4)9-10-22-16(18-21)15(20)13-5-7-14(17)8-6-13/h5-8,11-12,16H,9-10H2,1-4H3. The fourth-order valence-electron chi connectivity index (χ4n) is 2.29. The number of carbonyl (C=O) groups excluding carboxylic acids is 1. The highest BCUT2D eigenvalue weighted by molar-refractivity contribution is 8.00. The van der Waals surface area contributed by atoms with Gasteiger partial charge >= 0.3 is 0 Å². The fraction of sp³-hybridized carbons (Fsp3) is 0.562. The molecule has 0 N–H and O–H groups in total. The van der Waals surface area contributed by atoms with E-state index in [9.17, 15) is 9.70 Å². The van der Waals surface area contributed by atoms with Crippen LogP contribution in [0.1, 0.15) is 38.1 Å². The van der Waals surface area contributed by atoms with E-state index < -0.39 is 5.37 Å². The molecular formula is C16H23ClN2O2S. The summed E-state index contributed by atoms with van der Waals surface area (Å²) < 4.78 is 0. The lowest BCUT2D eigenvalue weighted by atomic mass is 10.1. The number of carbonyl (C=O) groups is 1. The molecule has 0 spiro atoms. The number of rotatable bonds is 9. The lowest BCUT2D eigenvalue weighted by Crippen LogP contribution is -2.38. The Kier molecular flexibility index (Phi) is 8.07. The number of Topliss-reactive ketones (excluding diaryl/α,β-unsaturated/α-hetero) is 1. The Morgan fingerprint density at radius 1 is 1.18 bits per heavy atom. The smallest absolute Gasteiger partial charge is 0.201 e. The zero-order valence-electron chi connectivity index (χ0n) is 13.5. The van der Waals surface area contributed by atoms with Crippen LogP contribution in [0.3, 0.4) is 0 Å². The maximum absolute atomic E-state index is 12.3. The average molecular weight is 343 g/mol. The van der Waals surface area contributed by atoms with Gasteiger partial charge in [0.05, 0.1) is 0 Å². The van der Waals surface area contributed by atoms with Crippen LogP contribution in [-0.4, -0.2) is 40.4 Å². The number of ketones is 1. The molecule has 0 aliphatic carbocycles.